The fourth-order valence-corrected chi connectivity index (χ4v) is 8.29. The van der Waals surface area contributed by atoms with Crippen LogP contribution < -0.4 is 0 Å². The third-order valence-electron chi connectivity index (χ3n) is 11.7. The van der Waals surface area contributed by atoms with Crippen LogP contribution in [-0.4, -0.2) is 75.6 Å². The van der Waals surface area contributed by atoms with Crippen molar-refractivity contribution in [3.63, 3.8) is 0 Å². The van der Waals surface area contributed by atoms with E-state index in [4.69, 9.17) is 18.5 Å². The van der Waals surface area contributed by atoms with Crippen LogP contribution in [0, 0.1) is 0 Å². The fraction of sp³-hybridized carbons (Fsp3) is 0.836. The first kappa shape index (κ1) is 62.5. The first-order valence-corrected chi connectivity index (χ1v) is 28.4. The number of allylic oxidation sites excluding steroid dienone is 8. The number of esters is 1. The van der Waals surface area contributed by atoms with Gasteiger partial charge in [0.2, 0.25) is 0 Å². The number of phosphoric ester groups is 1. The molecular formula is C55H105NO7P+. The van der Waals surface area contributed by atoms with Gasteiger partial charge >= 0.3 is 13.8 Å². The molecular weight excluding hydrogens is 818 g/mol. The minimum Gasteiger partial charge on any atom is -0.457 e. The molecule has 0 saturated heterocycles. The van der Waals surface area contributed by atoms with Crippen molar-refractivity contribution in [1.82, 2.24) is 0 Å². The van der Waals surface area contributed by atoms with E-state index >= 15 is 0 Å². The highest BCUT2D eigenvalue weighted by molar-refractivity contribution is 7.47. The van der Waals surface area contributed by atoms with Gasteiger partial charge < -0.3 is 18.9 Å². The van der Waals surface area contributed by atoms with E-state index in [0.717, 1.165) is 64.2 Å². The van der Waals surface area contributed by atoms with E-state index in [0.29, 0.717) is 24.1 Å². The second kappa shape index (κ2) is 47.9. The number of nitrogens with zero attached hydrogens (tertiary/aromatic N) is 1. The first-order valence-electron chi connectivity index (χ1n) is 26.9. The van der Waals surface area contributed by atoms with Gasteiger partial charge in [-0.05, 0) is 51.4 Å². The standard InChI is InChI=1S/C55H104NO7P/c1-6-8-10-12-14-16-18-20-22-24-26-28-29-30-32-34-36-38-40-42-44-46-48-55(57)63-54(53-62-64(58,59)61-51-49-56(3,4)5)52-60-50-47-45-43-41-39-37-35-33-31-27-25-23-21-19-17-15-13-11-9-7-2/h9,11,15,17,21,23,27,31,54H,6-8,10,12-14,16,18-20,22,24-26,28-30,32-53H2,1-5H3/p+1/b11-9-,17-15-,23-21-,31-27-. The number of rotatable bonds is 50. The van der Waals surface area contributed by atoms with Crippen molar-refractivity contribution in [2.45, 2.75) is 245 Å². The topological polar surface area (TPSA) is 91.3 Å². The van der Waals surface area contributed by atoms with Crippen LogP contribution in [0.1, 0.15) is 239 Å². The third-order valence-corrected chi connectivity index (χ3v) is 12.6. The van der Waals surface area contributed by atoms with E-state index in [1.165, 1.54) is 154 Å². The Bertz CT molecular complexity index is 1160. The van der Waals surface area contributed by atoms with E-state index in [1.54, 1.807) is 0 Å². The van der Waals surface area contributed by atoms with Crippen LogP contribution in [-0.2, 0) is 27.9 Å². The average Bonchev–Trinajstić information content (AvgIpc) is 3.25. The van der Waals surface area contributed by atoms with Gasteiger partial charge in [-0.15, -0.1) is 0 Å². The van der Waals surface area contributed by atoms with Crippen LogP contribution >= 0.6 is 7.82 Å². The molecule has 0 aliphatic carbocycles. The van der Waals surface area contributed by atoms with E-state index in [1.807, 2.05) is 21.1 Å². The predicted molar refractivity (Wildman–Crippen MR) is 275 cm³/mol. The molecule has 0 rings (SSSR count). The molecule has 2 unspecified atom stereocenters. The molecule has 0 aromatic heterocycles. The lowest BCUT2D eigenvalue weighted by molar-refractivity contribution is -0.870. The molecule has 0 spiro atoms. The molecule has 1 N–H and O–H groups in total. The highest BCUT2D eigenvalue weighted by atomic mass is 31.2. The summed E-state index contributed by atoms with van der Waals surface area (Å²) in [5.74, 6) is -0.314. The van der Waals surface area contributed by atoms with Gasteiger partial charge in [0.15, 0.2) is 0 Å². The zero-order chi connectivity index (χ0) is 46.9. The minimum atomic E-state index is -4.28. The second-order valence-corrected chi connectivity index (χ2v) is 20.7. The van der Waals surface area contributed by atoms with Crippen molar-refractivity contribution >= 4 is 13.8 Å². The summed E-state index contributed by atoms with van der Waals surface area (Å²) in [6.07, 6.45) is 60.2. The summed E-state index contributed by atoms with van der Waals surface area (Å²) in [4.78, 5) is 23.0. The van der Waals surface area contributed by atoms with E-state index in [2.05, 4.69) is 62.5 Å². The van der Waals surface area contributed by atoms with Crippen molar-refractivity contribution in [2.24, 2.45) is 0 Å². The summed E-state index contributed by atoms with van der Waals surface area (Å²) >= 11 is 0. The van der Waals surface area contributed by atoms with Crippen molar-refractivity contribution < 1.29 is 37.3 Å². The molecule has 0 aromatic rings. The molecule has 0 saturated carbocycles. The SMILES string of the molecule is CC/C=C\C/C=C\C/C=C\C/C=C\CCCCCCCCCOCC(COP(=O)(O)OCC[N+](C)(C)C)OC(=O)CCCCCCCCCCCCCCCCCCCCCCCC. The van der Waals surface area contributed by atoms with E-state index in [9.17, 15) is 14.3 Å². The van der Waals surface area contributed by atoms with Crippen molar-refractivity contribution in [2.75, 3.05) is 54.1 Å². The molecule has 0 aromatic carbocycles. The van der Waals surface area contributed by atoms with Gasteiger partial charge in [0, 0.05) is 13.0 Å². The number of quaternary nitrogens is 1. The largest absolute Gasteiger partial charge is 0.472 e. The summed E-state index contributed by atoms with van der Waals surface area (Å²) in [5, 5.41) is 0. The number of carbonyl (C=O) groups is 1. The van der Waals surface area contributed by atoms with Crippen LogP contribution in [0.4, 0.5) is 0 Å². The zero-order valence-electron chi connectivity index (χ0n) is 42.8. The smallest absolute Gasteiger partial charge is 0.457 e. The number of hydrogen-bond donors (Lipinski definition) is 1. The summed E-state index contributed by atoms with van der Waals surface area (Å²) in [6, 6.07) is 0. The molecule has 64 heavy (non-hydrogen) atoms. The lowest BCUT2D eigenvalue weighted by atomic mass is 10.0. The quantitative estimate of drug-likeness (QED) is 0.0214. The van der Waals surface area contributed by atoms with Crippen LogP contribution in [0.15, 0.2) is 48.6 Å². The van der Waals surface area contributed by atoms with Crippen molar-refractivity contribution in [3.8, 4) is 0 Å². The molecule has 0 bridgehead atoms. The highest BCUT2D eigenvalue weighted by Crippen LogP contribution is 2.43. The Labute approximate surface area is 397 Å². The number of hydrogen-bond acceptors (Lipinski definition) is 6. The molecule has 376 valence electrons. The van der Waals surface area contributed by atoms with Crippen LogP contribution in [0.2, 0.25) is 0 Å². The molecule has 8 nitrogen and oxygen atoms in total. The molecule has 2 atom stereocenters. The normalized spacial score (nSPS) is 13.9. The van der Waals surface area contributed by atoms with E-state index in [-0.39, 0.29) is 25.8 Å². The Morgan fingerprint density at radius 3 is 1.36 bits per heavy atom. The van der Waals surface area contributed by atoms with Gasteiger partial charge in [-0.2, -0.15) is 0 Å². The van der Waals surface area contributed by atoms with Crippen molar-refractivity contribution in [3.05, 3.63) is 48.6 Å². The molecule has 0 amide bonds. The monoisotopic (exact) mass is 923 g/mol. The maximum absolute atomic E-state index is 12.8. The number of ether oxygens (including phenoxy) is 2. The number of unbranched alkanes of at least 4 members (excludes halogenated alkanes) is 28. The first-order chi connectivity index (χ1) is 31.1. The number of likely N-dealkylation sites (N-methyl/N-ethyl adjacent to an activating group) is 1. The Morgan fingerprint density at radius 1 is 0.500 bits per heavy atom. The Kier molecular flexibility index (Phi) is 46.8. The Hall–Kier alpha value is -1.54. The lowest BCUT2D eigenvalue weighted by Gasteiger charge is -2.24. The van der Waals surface area contributed by atoms with Gasteiger partial charge in [0.05, 0.1) is 34.4 Å². The maximum atomic E-state index is 12.8. The van der Waals surface area contributed by atoms with Crippen LogP contribution in [0.5, 0.6) is 0 Å². The van der Waals surface area contributed by atoms with Gasteiger partial charge in [0.25, 0.3) is 0 Å². The van der Waals surface area contributed by atoms with Crippen molar-refractivity contribution in [1.29, 1.82) is 0 Å². The molecule has 0 aliphatic rings. The molecule has 0 heterocycles. The molecule has 0 fully saturated rings. The second-order valence-electron chi connectivity index (χ2n) is 19.2. The summed E-state index contributed by atoms with van der Waals surface area (Å²) in [7, 11) is 1.66. The predicted octanol–water partition coefficient (Wildman–Crippen LogP) is 16.7. The molecule has 0 aliphatic heterocycles. The lowest BCUT2D eigenvalue weighted by Crippen LogP contribution is -2.37. The zero-order valence-corrected chi connectivity index (χ0v) is 43.7. The molecule has 9 heteroatoms. The van der Waals surface area contributed by atoms with Gasteiger partial charge in [-0.3, -0.25) is 13.8 Å². The molecule has 0 radical (unpaired) electrons. The minimum absolute atomic E-state index is 0.0863. The van der Waals surface area contributed by atoms with Gasteiger partial charge in [-0.25, -0.2) is 4.57 Å². The fourth-order valence-electron chi connectivity index (χ4n) is 7.55. The average molecular weight is 923 g/mol. The van der Waals surface area contributed by atoms with Gasteiger partial charge in [0.1, 0.15) is 19.3 Å². The maximum Gasteiger partial charge on any atom is 0.472 e. The highest BCUT2D eigenvalue weighted by Gasteiger charge is 2.26. The third kappa shape index (κ3) is 51.4. The summed E-state index contributed by atoms with van der Waals surface area (Å²) in [5.41, 5.74) is 0. The Balaban J connectivity index is 4.11. The summed E-state index contributed by atoms with van der Waals surface area (Å²) < 4.78 is 35.2. The van der Waals surface area contributed by atoms with E-state index < -0.39 is 13.9 Å². The summed E-state index contributed by atoms with van der Waals surface area (Å²) in [6.45, 7) is 5.52. The number of phosphoric acid groups is 1. The van der Waals surface area contributed by atoms with Crippen LogP contribution in [0.3, 0.4) is 0 Å². The van der Waals surface area contributed by atoms with Gasteiger partial charge in [-0.1, -0.05) is 229 Å². The number of carbonyl (C=O) groups excluding carboxylic acids is 1. The Morgan fingerprint density at radius 2 is 0.906 bits per heavy atom. The van der Waals surface area contributed by atoms with Crippen LogP contribution in [0.25, 0.3) is 0 Å².